The highest BCUT2D eigenvalue weighted by Crippen LogP contribution is 2.18. The predicted octanol–water partition coefficient (Wildman–Crippen LogP) is 2.79. The number of hydrogen-bond donors (Lipinski definition) is 1. The zero-order chi connectivity index (χ0) is 21.7. The molecule has 156 valence electrons. The number of rotatable bonds is 5. The predicted molar refractivity (Wildman–Crippen MR) is 114 cm³/mol. The maximum absolute atomic E-state index is 13.1. The quantitative estimate of drug-likeness (QED) is 0.449. The van der Waals surface area contributed by atoms with Crippen molar-refractivity contribution in [2.24, 2.45) is 0 Å². The molecule has 8 nitrogen and oxygen atoms in total. The van der Waals surface area contributed by atoms with Crippen LogP contribution in [0.5, 0.6) is 0 Å². The van der Waals surface area contributed by atoms with E-state index in [0.717, 1.165) is 13.1 Å². The van der Waals surface area contributed by atoms with Gasteiger partial charge in [-0.05, 0) is 43.0 Å². The van der Waals surface area contributed by atoms with E-state index in [1.165, 1.54) is 30.3 Å². The van der Waals surface area contributed by atoms with Gasteiger partial charge >= 0.3 is 0 Å². The summed E-state index contributed by atoms with van der Waals surface area (Å²) in [4.78, 5) is 40.0. The van der Waals surface area contributed by atoms with Crippen LogP contribution in [0, 0.1) is 10.1 Å². The Hall–Kier alpha value is -3.23. The number of benzene rings is 2. The van der Waals surface area contributed by atoms with Gasteiger partial charge < -0.3 is 15.1 Å². The van der Waals surface area contributed by atoms with Gasteiger partial charge in [0.15, 0.2) is 0 Å². The molecule has 0 bridgehead atoms. The molecule has 3 rings (SSSR count). The van der Waals surface area contributed by atoms with Gasteiger partial charge in [0.05, 0.1) is 15.5 Å². The number of halogens is 1. The topological polar surface area (TPSA) is 95.8 Å². The number of nitrogens with zero attached hydrogens (tertiary/aromatic N) is 3. The second-order valence-electron chi connectivity index (χ2n) is 6.94. The lowest BCUT2D eigenvalue weighted by atomic mass is 10.1. The Kier molecular flexibility index (Phi) is 6.81. The number of hydrogen-bond acceptors (Lipinski definition) is 5. The fourth-order valence-corrected chi connectivity index (χ4v) is 3.25. The fourth-order valence-electron chi connectivity index (χ4n) is 3.03. The Balaban J connectivity index is 1.89. The smallest absolute Gasteiger partial charge is 0.270 e. The van der Waals surface area contributed by atoms with Gasteiger partial charge in [0.25, 0.3) is 17.5 Å². The number of piperazine rings is 1. The fraction of sp³-hybridized carbons (Fsp3) is 0.238. The van der Waals surface area contributed by atoms with E-state index in [4.69, 9.17) is 11.6 Å². The third kappa shape index (κ3) is 5.22. The highest BCUT2D eigenvalue weighted by Gasteiger charge is 2.24. The summed E-state index contributed by atoms with van der Waals surface area (Å²) in [5.41, 5.74) is 0.829. The molecule has 0 atom stereocenters. The van der Waals surface area contributed by atoms with E-state index in [9.17, 15) is 19.7 Å². The lowest BCUT2D eigenvalue weighted by Crippen LogP contribution is -2.49. The average molecular weight is 429 g/mol. The van der Waals surface area contributed by atoms with Gasteiger partial charge in [-0.15, -0.1) is 0 Å². The Labute approximate surface area is 178 Å². The summed E-state index contributed by atoms with van der Waals surface area (Å²) in [6.07, 6.45) is 1.51. The normalized spacial score (nSPS) is 15.0. The highest BCUT2D eigenvalue weighted by molar-refractivity contribution is 6.34. The van der Waals surface area contributed by atoms with Crippen molar-refractivity contribution in [1.82, 2.24) is 15.1 Å². The number of carbonyl (C=O) groups is 2. The van der Waals surface area contributed by atoms with E-state index in [-0.39, 0.29) is 27.9 Å². The Morgan fingerprint density at radius 1 is 1.07 bits per heavy atom. The number of carbonyl (C=O) groups excluding carboxylic acids is 2. The molecule has 0 aromatic heterocycles. The highest BCUT2D eigenvalue weighted by atomic mass is 35.5. The average Bonchev–Trinajstić information content (AvgIpc) is 2.74. The molecule has 0 radical (unpaired) electrons. The van der Waals surface area contributed by atoms with Gasteiger partial charge in [0.1, 0.15) is 5.70 Å². The zero-order valence-corrected chi connectivity index (χ0v) is 17.1. The number of nitro benzene ring substituents is 1. The third-order valence-corrected chi connectivity index (χ3v) is 5.13. The molecule has 9 heteroatoms. The molecule has 0 spiro atoms. The first-order chi connectivity index (χ1) is 14.3. The van der Waals surface area contributed by atoms with E-state index in [1.807, 2.05) is 7.05 Å². The van der Waals surface area contributed by atoms with Gasteiger partial charge in [-0.1, -0.05) is 23.7 Å². The molecular formula is C21H21ClN4O4. The Morgan fingerprint density at radius 2 is 1.70 bits per heavy atom. The minimum atomic E-state index is -0.503. The van der Waals surface area contributed by atoms with Crippen molar-refractivity contribution < 1.29 is 14.5 Å². The zero-order valence-electron chi connectivity index (χ0n) is 16.4. The summed E-state index contributed by atoms with van der Waals surface area (Å²) < 4.78 is 0. The molecule has 1 aliphatic heterocycles. The first-order valence-corrected chi connectivity index (χ1v) is 9.73. The van der Waals surface area contributed by atoms with Crippen LogP contribution in [0.4, 0.5) is 5.69 Å². The molecule has 1 saturated heterocycles. The van der Waals surface area contributed by atoms with Crippen LogP contribution in [0.15, 0.2) is 54.2 Å². The first-order valence-electron chi connectivity index (χ1n) is 9.35. The molecule has 1 N–H and O–H groups in total. The lowest BCUT2D eigenvalue weighted by molar-refractivity contribution is -0.384. The molecule has 0 unspecified atom stereocenters. The van der Waals surface area contributed by atoms with Crippen LogP contribution in [0.2, 0.25) is 5.02 Å². The van der Waals surface area contributed by atoms with Crippen LogP contribution in [0.1, 0.15) is 15.9 Å². The maximum Gasteiger partial charge on any atom is 0.270 e. The van der Waals surface area contributed by atoms with Gasteiger partial charge in [-0.3, -0.25) is 19.7 Å². The largest absolute Gasteiger partial charge is 0.335 e. The number of nitrogens with one attached hydrogen (secondary N) is 1. The summed E-state index contributed by atoms with van der Waals surface area (Å²) in [5, 5.41) is 13.8. The van der Waals surface area contributed by atoms with Crippen LogP contribution in [0.25, 0.3) is 6.08 Å². The lowest BCUT2D eigenvalue weighted by Gasteiger charge is -2.33. The summed E-state index contributed by atoms with van der Waals surface area (Å²) in [6, 6.07) is 12.3. The van der Waals surface area contributed by atoms with Crippen molar-refractivity contribution in [3.05, 3.63) is 80.5 Å². The van der Waals surface area contributed by atoms with E-state index in [0.29, 0.717) is 18.7 Å². The molecule has 0 saturated carbocycles. The summed E-state index contributed by atoms with van der Waals surface area (Å²) in [5.74, 6) is -0.821. The van der Waals surface area contributed by atoms with Crippen LogP contribution in [-0.4, -0.2) is 59.8 Å². The number of non-ortho nitro benzene ring substituents is 1. The molecule has 1 fully saturated rings. The molecule has 2 aromatic rings. The molecule has 2 aromatic carbocycles. The molecule has 2 amide bonds. The van der Waals surface area contributed by atoms with Gasteiger partial charge in [-0.25, -0.2) is 0 Å². The second kappa shape index (κ2) is 9.51. The molecule has 30 heavy (non-hydrogen) atoms. The van der Waals surface area contributed by atoms with Crippen molar-refractivity contribution in [1.29, 1.82) is 0 Å². The number of nitro groups is 1. The van der Waals surface area contributed by atoms with Crippen molar-refractivity contribution in [2.45, 2.75) is 0 Å². The molecule has 1 heterocycles. The van der Waals surface area contributed by atoms with Crippen molar-refractivity contribution in [2.75, 3.05) is 33.2 Å². The summed E-state index contributed by atoms with van der Waals surface area (Å²) in [6.45, 7) is 2.54. The standard InChI is InChI=1S/C21H21ClN4O4/c1-24-10-12-25(13-11-24)21(28)19(14-15-6-8-16(9-7-15)26(29)30)23-20(27)17-4-2-3-5-18(17)22/h2-9,14H,10-13H2,1H3,(H,23,27). The number of amides is 2. The van der Waals surface area contributed by atoms with Crippen LogP contribution in [0.3, 0.4) is 0 Å². The SMILES string of the molecule is CN1CCN(C(=O)C(=Cc2ccc([N+](=O)[O-])cc2)NC(=O)c2ccccc2Cl)CC1. The first kappa shape index (κ1) is 21.5. The third-order valence-electron chi connectivity index (χ3n) is 4.80. The van der Waals surface area contributed by atoms with E-state index in [1.54, 1.807) is 29.2 Å². The summed E-state index contributed by atoms with van der Waals surface area (Å²) in [7, 11) is 1.98. The van der Waals surface area contributed by atoms with Crippen molar-refractivity contribution >= 4 is 35.2 Å². The minimum absolute atomic E-state index is 0.0563. The van der Waals surface area contributed by atoms with Gasteiger partial charge in [-0.2, -0.15) is 0 Å². The van der Waals surface area contributed by atoms with Crippen LogP contribution < -0.4 is 5.32 Å². The minimum Gasteiger partial charge on any atom is -0.335 e. The van der Waals surface area contributed by atoms with Crippen molar-refractivity contribution in [3.63, 3.8) is 0 Å². The summed E-state index contributed by atoms with van der Waals surface area (Å²) >= 11 is 6.11. The number of likely N-dealkylation sites (N-methyl/N-ethyl adjacent to an activating group) is 1. The Morgan fingerprint density at radius 3 is 2.30 bits per heavy atom. The van der Waals surface area contributed by atoms with Crippen molar-refractivity contribution in [3.8, 4) is 0 Å². The second-order valence-corrected chi connectivity index (χ2v) is 7.34. The molecule has 0 aliphatic carbocycles. The van der Waals surface area contributed by atoms with Gasteiger partial charge in [0, 0.05) is 38.3 Å². The van der Waals surface area contributed by atoms with E-state index < -0.39 is 10.8 Å². The van der Waals surface area contributed by atoms with E-state index in [2.05, 4.69) is 10.2 Å². The monoisotopic (exact) mass is 428 g/mol. The van der Waals surface area contributed by atoms with E-state index >= 15 is 0 Å². The molecular weight excluding hydrogens is 408 g/mol. The Bertz CT molecular complexity index is 983. The van der Waals surface area contributed by atoms with Crippen LogP contribution >= 0.6 is 11.6 Å². The van der Waals surface area contributed by atoms with Gasteiger partial charge in [0.2, 0.25) is 0 Å². The maximum atomic E-state index is 13.1. The molecule has 1 aliphatic rings. The van der Waals surface area contributed by atoms with Crippen LogP contribution in [-0.2, 0) is 4.79 Å².